The predicted molar refractivity (Wildman–Crippen MR) is 120 cm³/mol. The van der Waals surface area contributed by atoms with Crippen molar-refractivity contribution >= 4 is 22.0 Å². The standard InChI is InChI=1S/C20H31N7O4S/c1-16-6-8-18(9-7-16)32(30,31)27(14-10-19(28)29)13-3-2-12-26-15-17(24-25-26)5-4-11-23-20(21)22/h6-9,15H,2-5,10-14H2,1H3,(H,28,29)(H4,21,22,23). The largest absolute Gasteiger partial charge is 0.481 e. The smallest absolute Gasteiger partial charge is 0.304 e. The van der Waals surface area contributed by atoms with E-state index in [1.54, 1.807) is 28.9 Å². The molecule has 2 rings (SSSR count). The second-order valence-electron chi connectivity index (χ2n) is 7.45. The molecule has 11 nitrogen and oxygen atoms in total. The Morgan fingerprint density at radius 1 is 1.16 bits per heavy atom. The number of aryl methyl sites for hydroxylation is 3. The van der Waals surface area contributed by atoms with Crippen LogP contribution in [0.1, 0.15) is 36.9 Å². The van der Waals surface area contributed by atoms with Crippen molar-refractivity contribution in [2.45, 2.75) is 50.5 Å². The zero-order valence-electron chi connectivity index (χ0n) is 18.2. The van der Waals surface area contributed by atoms with E-state index in [4.69, 9.17) is 16.6 Å². The Balaban J connectivity index is 1.88. The van der Waals surface area contributed by atoms with Crippen LogP contribution in [0.15, 0.2) is 40.4 Å². The monoisotopic (exact) mass is 465 g/mol. The number of carboxylic acids is 1. The minimum absolute atomic E-state index is 0.0652. The van der Waals surface area contributed by atoms with Crippen molar-refractivity contribution in [3.8, 4) is 0 Å². The van der Waals surface area contributed by atoms with E-state index in [2.05, 4.69) is 15.3 Å². The fourth-order valence-electron chi connectivity index (χ4n) is 3.02. The second kappa shape index (κ2) is 12.2. The van der Waals surface area contributed by atoms with Crippen molar-refractivity contribution < 1.29 is 18.3 Å². The van der Waals surface area contributed by atoms with E-state index < -0.39 is 16.0 Å². The second-order valence-corrected chi connectivity index (χ2v) is 9.39. The topological polar surface area (TPSA) is 170 Å². The number of unbranched alkanes of at least 4 members (excludes halogenated alkanes) is 1. The molecule has 0 unspecified atom stereocenters. The van der Waals surface area contributed by atoms with Crippen LogP contribution < -0.4 is 11.5 Å². The molecule has 0 saturated heterocycles. The number of carboxylic acid groups (broad SMARTS) is 1. The molecule has 0 bridgehead atoms. The zero-order valence-corrected chi connectivity index (χ0v) is 19.0. The number of aliphatic carboxylic acids is 1. The van der Waals surface area contributed by atoms with Crippen molar-refractivity contribution in [2.75, 3.05) is 19.6 Å². The number of benzene rings is 1. The molecule has 0 radical (unpaired) electrons. The average Bonchev–Trinajstić information content (AvgIpc) is 3.18. The number of hydrogen-bond acceptors (Lipinski definition) is 6. The number of aromatic nitrogens is 3. The molecule has 0 aliphatic rings. The van der Waals surface area contributed by atoms with Gasteiger partial charge in [0.2, 0.25) is 10.0 Å². The molecular formula is C20H31N7O4S. The van der Waals surface area contributed by atoms with Crippen LogP contribution in [0.4, 0.5) is 0 Å². The van der Waals surface area contributed by atoms with Gasteiger partial charge in [-0.3, -0.25) is 14.5 Å². The molecule has 176 valence electrons. The first-order valence-electron chi connectivity index (χ1n) is 10.4. The summed E-state index contributed by atoms with van der Waals surface area (Å²) in [6, 6.07) is 6.54. The summed E-state index contributed by atoms with van der Waals surface area (Å²) in [5, 5.41) is 17.2. The van der Waals surface area contributed by atoms with Gasteiger partial charge in [-0.15, -0.1) is 5.10 Å². The molecule has 0 aliphatic carbocycles. The lowest BCUT2D eigenvalue weighted by Crippen LogP contribution is -2.34. The molecule has 0 amide bonds. The molecule has 0 fully saturated rings. The van der Waals surface area contributed by atoms with Crippen LogP contribution in [0.2, 0.25) is 0 Å². The Bertz CT molecular complexity index is 999. The van der Waals surface area contributed by atoms with E-state index in [1.807, 2.05) is 13.1 Å². The summed E-state index contributed by atoms with van der Waals surface area (Å²) in [6.07, 6.45) is 4.28. The number of aliphatic imine (C=N–C) groups is 1. The number of hydrogen-bond donors (Lipinski definition) is 3. The molecular weight excluding hydrogens is 434 g/mol. The van der Waals surface area contributed by atoms with Crippen molar-refractivity contribution in [1.82, 2.24) is 19.3 Å². The van der Waals surface area contributed by atoms with Crippen LogP contribution in [0, 0.1) is 6.92 Å². The summed E-state index contributed by atoms with van der Waals surface area (Å²) in [5.41, 5.74) is 12.4. The van der Waals surface area contributed by atoms with Gasteiger partial charge in [0.05, 0.1) is 17.0 Å². The lowest BCUT2D eigenvalue weighted by atomic mass is 10.2. The zero-order chi connectivity index (χ0) is 23.6. The van der Waals surface area contributed by atoms with Crippen molar-refractivity contribution in [3.05, 3.63) is 41.7 Å². The first kappa shape index (κ1) is 25.3. The number of carbonyl (C=O) groups is 1. The van der Waals surface area contributed by atoms with E-state index in [-0.39, 0.29) is 30.4 Å². The first-order chi connectivity index (χ1) is 15.2. The van der Waals surface area contributed by atoms with Crippen LogP contribution in [0.5, 0.6) is 0 Å². The highest BCUT2D eigenvalue weighted by Gasteiger charge is 2.24. The summed E-state index contributed by atoms with van der Waals surface area (Å²) < 4.78 is 28.9. The van der Waals surface area contributed by atoms with E-state index in [9.17, 15) is 13.2 Å². The van der Waals surface area contributed by atoms with E-state index in [0.717, 1.165) is 17.7 Å². The molecule has 2 aromatic rings. The summed E-state index contributed by atoms with van der Waals surface area (Å²) in [5.74, 6) is -0.973. The maximum atomic E-state index is 13.0. The maximum absolute atomic E-state index is 13.0. The molecule has 1 heterocycles. The summed E-state index contributed by atoms with van der Waals surface area (Å²) >= 11 is 0. The third-order valence-corrected chi connectivity index (χ3v) is 6.66. The Kier molecular flexibility index (Phi) is 9.60. The van der Waals surface area contributed by atoms with Gasteiger partial charge in [-0.05, 0) is 44.7 Å². The number of nitrogens with two attached hydrogens (primary N) is 2. The van der Waals surface area contributed by atoms with E-state index in [1.165, 1.54) is 4.31 Å². The van der Waals surface area contributed by atoms with E-state index >= 15 is 0 Å². The molecule has 1 aromatic carbocycles. The molecule has 0 spiro atoms. The Morgan fingerprint density at radius 3 is 2.53 bits per heavy atom. The molecule has 5 N–H and O–H groups in total. The number of sulfonamides is 1. The van der Waals surface area contributed by atoms with E-state index in [0.29, 0.717) is 32.4 Å². The summed E-state index contributed by atoms with van der Waals surface area (Å²) in [4.78, 5) is 15.1. The van der Waals surface area contributed by atoms with Gasteiger partial charge < -0.3 is 16.6 Å². The highest BCUT2D eigenvalue weighted by atomic mass is 32.2. The fraction of sp³-hybridized carbons (Fsp3) is 0.500. The molecule has 0 saturated carbocycles. The summed E-state index contributed by atoms with van der Waals surface area (Å²) in [7, 11) is -3.77. The van der Waals surface area contributed by atoms with Crippen LogP contribution in [-0.4, -0.2) is 64.4 Å². The summed E-state index contributed by atoms with van der Waals surface area (Å²) in [6.45, 7) is 3.13. The first-order valence-corrected chi connectivity index (χ1v) is 11.9. The molecule has 32 heavy (non-hydrogen) atoms. The van der Waals surface area contributed by atoms with Gasteiger partial charge in [0.1, 0.15) is 0 Å². The molecule has 0 aliphatic heterocycles. The third-order valence-electron chi connectivity index (χ3n) is 4.75. The normalized spacial score (nSPS) is 11.6. The predicted octanol–water partition coefficient (Wildman–Crippen LogP) is 0.738. The number of nitrogens with zero attached hydrogens (tertiary/aromatic N) is 5. The SMILES string of the molecule is Cc1ccc(S(=O)(=O)N(CCCCn2cc(CCCN=C(N)N)nn2)CCC(=O)O)cc1. The Labute approximate surface area is 188 Å². The van der Waals surface area contributed by atoms with Crippen LogP contribution in [0.25, 0.3) is 0 Å². The maximum Gasteiger partial charge on any atom is 0.304 e. The molecule has 0 atom stereocenters. The minimum atomic E-state index is -3.77. The highest BCUT2D eigenvalue weighted by Crippen LogP contribution is 2.17. The lowest BCUT2D eigenvalue weighted by Gasteiger charge is -2.21. The van der Waals surface area contributed by atoms with Crippen LogP contribution >= 0.6 is 0 Å². The van der Waals surface area contributed by atoms with Crippen LogP contribution in [0.3, 0.4) is 0 Å². The van der Waals surface area contributed by atoms with Crippen molar-refractivity contribution in [2.24, 2.45) is 16.5 Å². The number of rotatable bonds is 14. The fourth-order valence-corrected chi connectivity index (χ4v) is 4.50. The third kappa shape index (κ3) is 8.27. The lowest BCUT2D eigenvalue weighted by molar-refractivity contribution is -0.137. The van der Waals surface area contributed by atoms with Gasteiger partial charge >= 0.3 is 5.97 Å². The highest BCUT2D eigenvalue weighted by molar-refractivity contribution is 7.89. The van der Waals surface area contributed by atoms with Gasteiger partial charge in [0.25, 0.3) is 0 Å². The Morgan fingerprint density at radius 2 is 1.88 bits per heavy atom. The quantitative estimate of drug-likeness (QED) is 0.208. The average molecular weight is 466 g/mol. The van der Waals surface area contributed by atoms with Gasteiger partial charge in [-0.25, -0.2) is 8.42 Å². The van der Waals surface area contributed by atoms with Gasteiger partial charge in [-0.1, -0.05) is 22.9 Å². The minimum Gasteiger partial charge on any atom is -0.481 e. The Hall–Kier alpha value is -2.99. The number of guanidine groups is 1. The van der Waals surface area contributed by atoms with Crippen molar-refractivity contribution in [3.63, 3.8) is 0 Å². The molecule has 1 aromatic heterocycles. The van der Waals surface area contributed by atoms with Gasteiger partial charge in [0.15, 0.2) is 5.96 Å². The van der Waals surface area contributed by atoms with Crippen molar-refractivity contribution in [1.29, 1.82) is 0 Å². The van der Waals surface area contributed by atoms with Gasteiger partial charge in [-0.2, -0.15) is 4.31 Å². The molecule has 12 heteroatoms. The van der Waals surface area contributed by atoms with Gasteiger partial charge in [0, 0.05) is 32.4 Å². The van der Waals surface area contributed by atoms with Crippen LogP contribution in [-0.2, 0) is 27.8 Å².